The first-order chi connectivity index (χ1) is 15.0. The predicted molar refractivity (Wildman–Crippen MR) is 119 cm³/mol. The summed E-state index contributed by atoms with van der Waals surface area (Å²) in [6.45, 7) is 7.03. The Morgan fingerprint density at radius 3 is 2.35 bits per heavy atom. The Morgan fingerprint density at radius 2 is 1.74 bits per heavy atom. The van der Waals surface area contributed by atoms with Gasteiger partial charge in [0.2, 0.25) is 0 Å². The summed E-state index contributed by atoms with van der Waals surface area (Å²) in [7, 11) is 0. The Balaban J connectivity index is 1.92. The molecule has 1 aromatic carbocycles. The summed E-state index contributed by atoms with van der Waals surface area (Å²) < 4.78 is 11.5. The number of aliphatic hydroxyl groups is 1. The molecular formula is C25H31NO5. The van der Waals surface area contributed by atoms with Crippen molar-refractivity contribution in [1.82, 2.24) is 4.90 Å². The van der Waals surface area contributed by atoms with Gasteiger partial charge >= 0.3 is 0 Å². The third kappa shape index (κ3) is 5.01. The van der Waals surface area contributed by atoms with E-state index in [1.807, 2.05) is 6.92 Å². The van der Waals surface area contributed by atoms with E-state index in [2.05, 4.69) is 6.92 Å². The smallest absolute Gasteiger partial charge is 0.295 e. The standard InChI is InChI=1S/C25H31NO5/c1-4-6-8-16-30-19-12-10-18(11-13-19)23(27)21-22(20-14-9-17(3)31-20)26(15-7-5-2)25(29)24(21)28/h9-14,22,27H,4-8,15-16H2,1-3H3/b23-21-. The molecule has 1 saturated heterocycles. The van der Waals surface area contributed by atoms with E-state index in [-0.39, 0.29) is 11.3 Å². The van der Waals surface area contributed by atoms with Gasteiger partial charge in [-0.15, -0.1) is 0 Å². The summed E-state index contributed by atoms with van der Waals surface area (Å²) in [5.41, 5.74) is 0.523. The third-order valence-electron chi connectivity index (χ3n) is 5.47. The van der Waals surface area contributed by atoms with Gasteiger partial charge in [0.15, 0.2) is 0 Å². The van der Waals surface area contributed by atoms with E-state index < -0.39 is 17.7 Å². The van der Waals surface area contributed by atoms with Crippen molar-refractivity contribution >= 4 is 17.4 Å². The number of nitrogens with zero attached hydrogens (tertiary/aromatic N) is 1. The molecule has 2 aromatic rings. The van der Waals surface area contributed by atoms with E-state index in [1.165, 1.54) is 4.90 Å². The van der Waals surface area contributed by atoms with E-state index in [4.69, 9.17) is 9.15 Å². The van der Waals surface area contributed by atoms with Gasteiger partial charge in [-0.05, 0) is 56.2 Å². The van der Waals surface area contributed by atoms with Crippen molar-refractivity contribution in [1.29, 1.82) is 0 Å². The Kier molecular flexibility index (Phi) is 7.55. The summed E-state index contributed by atoms with van der Waals surface area (Å²) >= 11 is 0. The number of Topliss-reactive ketones (excluding diaryl/α,β-unsaturated/α-hetero) is 1. The fraction of sp³-hybridized carbons (Fsp3) is 0.440. The van der Waals surface area contributed by atoms with Gasteiger partial charge in [-0.3, -0.25) is 9.59 Å². The number of carbonyl (C=O) groups excluding carboxylic acids is 2. The zero-order valence-corrected chi connectivity index (χ0v) is 18.5. The van der Waals surface area contributed by atoms with E-state index in [0.29, 0.717) is 36.0 Å². The van der Waals surface area contributed by atoms with Gasteiger partial charge in [0.25, 0.3) is 11.7 Å². The van der Waals surface area contributed by atoms with Crippen LogP contribution in [0.5, 0.6) is 5.75 Å². The monoisotopic (exact) mass is 425 g/mol. The van der Waals surface area contributed by atoms with Crippen LogP contribution >= 0.6 is 0 Å². The molecule has 31 heavy (non-hydrogen) atoms. The van der Waals surface area contributed by atoms with Crippen LogP contribution in [0.1, 0.15) is 69.1 Å². The van der Waals surface area contributed by atoms with Crippen LogP contribution in [-0.4, -0.2) is 34.8 Å². The average Bonchev–Trinajstić information content (AvgIpc) is 3.31. The number of carbonyl (C=O) groups is 2. The average molecular weight is 426 g/mol. The first-order valence-electron chi connectivity index (χ1n) is 11.1. The van der Waals surface area contributed by atoms with Gasteiger partial charge in [-0.25, -0.2) is 0 Å². The number of hydrogen-bond donors (Lipinski definition) is 1. The van der Waals surface area contributed by atoms with E-state index in [9.17, 15) is 14.7 Å². The number of amides is 1. The summed E-state index contributed by atoms with van der Waals surface area (Å²) in [5, 5.41) is 11.0. The zero-order chi connectivity index (χ0) is 22.4. The maximum absolute atomic E-state index is 12.9. The van der Waals surface area contributed by atoms with Crippen LogP contribution in [0.2, 0.25) is 0 Å². The quantitative estimate of drug-likeness (QED) is 0.239. The number of aryl methyl sites for hydroxylation is 1. The van der Waals surface area contributed by atoms with Gasteiger partial charge in [-0.1, -0.05) is 33.1 Å². The van der Waals surface area contributed by atoms with E-state index in [0.717, 1.165) is 32.1 Å². The highest BCUT2D eigenvalue weighted by Crippen LogP contribution is 2.40. The molecule has 1 fully saturated rings. The van der Waals surface area contributed by atoms with Crippen molar-refractivity contribution in [3.8, 4) is 5.75 Å². The molecule has 1 unspecified atom stereocenters. The first-order valence-corrected chi connectivity index (χ1v) is 11.1. The highest BCUT2D eigenvalue weighted by atomic mass is 16.5. The van der Waals surface area contributed by atoms with Crippen molar-refractivity contribution < 1.29 is 23.8 Å². The zero-order valence-electron chi connectivity index (χ0n) is 18.5. The molecule has 0 radical (unpaired) electrons. The van der Waals surface area contributed by atoms with Crippen molar-refractivity contribution in [2.24, 2.45) is 0 Å². The fourth-order valence-electron chi connectivity index (χ4n) is 3.74. The number of furan rings is 1. The number of aliphatic hydroxyl groups excluding tert-OH is 1. The number of hydrogen-bond acceptors (Lipinski definition) is 5. The van der Waals surface area contributed by atoms with Crippen LogP contribution in [0, 0.1) is 6.92 Å². The molecule has 0 spiro atoms. The molecule has 1 N–H and O–H groups in total. The van der Waals surface area contributed by atoms with Gasteiger partial charge < -0.3 is 19.2 Å². The van der Waals surface area contributed by atoms with E-state index in [1.54, 1.807) is 43.3 Å². The van der Waals surface area contributed by atoms with Gasteiger partial charge in [0, 0.05) is 12.1 Å². The Bertz CT molecular complexity index is 941. The molecule has 1 aliphatic rings. The molecule has 2 heterocycles. The normalized spacial score (nSPS) is 18.0. The van der Waals surface area contributed by atoms with Crippen LogP contribution in [0.15, 0.2) is 46.4 Å². The number of likely N-dealkylation sites (tertiary alicyclic amines) is 1. The van der Waals surface area contributed by atoms with Crippen LogP contribution < -0.4 is 4.74 Å². The largest absolute Gasteiger partial charge is 0.507 e. The number of ether oxygens (including phenoxy) is 1. The summed E-state index contributed by atoms with van der Waals surface area (Å²) in [6.07, 6.45) is 4.87. The second kappa shape index (κ2) is 10.3. The summed E-state index contributed by atoms with van der Waals surface area (Å²) in [6, 6.07) is 9.75. The molecule has 6 heteroatoms. The number of ketones is 1. The molecule has 1 amide bonds. The van der Waals surface area contributed by atoms with Crippen LogP contribution in [0.3, 0.4) is 0 Å². The Morgan fingerprint density at radius 1 is 1.03 bits per heavy atom. The number of unbranched alkanes of at least 4 members (excludes halogenated alkanes) is 3. The number of rotatable bonds is 10. The molecule has 0 saturated carbocycles. The minimum atomic E-state index is -0.731. The van der Waals surface area contributed by atoms with Gasteiger partial charge in [0.1, 0.15) is 29.1 Å². The lowest BCUT2D eigenvalue weighted by Gasteiger charge is -2.23. The number of benzene rings is 1. The molecule has 1 aliphatic heterocycles. The van der Waals surface area contributed by atoms with Crippen LogP contribution in [0.25, 0.3) is 5.76 Å². The van der Waals surface area contributed by atoms with Crippen LogP contribution in [0.4, 0.5) is 0 Å². The van der Waals surface area contributed by atoms with Gasteiger partial charge in [-0.2, -0.15) is 0 Å². The minimum absolute atomic E-state index is 0.0621. The highest BCUT2D eigenvalue weighted by Gasteiger charge is 2.47. The molecule has 3 rings (SSSR count). The molecule has 1 aromatic heterocycles. The first kappa shape index (κ1) is 22.7. The van der Waals surface area contributed by atoms with Crippen molar-refractivity contribution in [3.05, 3.63) is 59.1 Å². The summed E-state index contributed by atoms with van der Waals surface area (Å²) in [5.74, 6) is 0.367. The second-order valence-corrected chi connectivity index (χ2v) is 7.87. The van der Waals surface area contributed by atoms with Crippen molar-refractivity contribution in [2.75, 3.05) is 13.2 Å². The second-order valence-electron chi connectivity index (χ2n) is 7.87. The highest BCUT2D eigenvalue weighted by molar-refractivity contribution is 6.46. The Labute approximate surface area is 183 Å². The lowest BCUT2D eigenvalue weighted by molar-refractivity contribution is -0.140. The SMILES string of the molecule is CCCCCOc1ccc(/C(O)=C2/C(=O)C(=O)N(CCCC)C2c2ccc(C)o2)cc1. The van der Waals surface area contributed by atoms with Crippen molar-refractivity contribution in [2.45, 2.75) is 58.9 Å². The molecule has 166 valence electrons. The molecule has 6 nitrogen and oxygen atoms in total. The summed E-state index contributed by atoms with van der Waals surface area (Å²) in [4.78, 5) is 27.1. The maximum Gasteiger partial charge on any atom is 0.295 e. The third-order valence-corrected chi connectivity index (χ3v) is 5.47. The molecule has 0 aliphatic carbocycles. The topological polar surface area (TPSA) is 80.0 Å². The predicted octanol–water partition coefficient (Wildman–Crippen LogP) is 5.38. The molecule has 0 bridgehead atoms. The lowest BCUT2D eigenvalue weighted by atomic mass is 9.99. The van der Waals surface area contributed by atoms with Crippen molar-refractivity contribution in [3.63, 3.8) is 0 Å². The lowest BCUT2D eigenvalue weighted by Crippen LogP contribution is -2.30. The van der Waals surface area contributed by atoms with Crippen LogP contribution in [-0.2, 0) is 9.59 Å². The molecular weight excluding hydrogens is 394 g/mol. The fourth-order valence-corrected chi connectivity index (χ4v) is 3.74. The van der Waals surface area contributed by atoms with E-state index >= 15 is 0 Å². The Hall–Kier alpha value is -3.02. The maximum atomic E-state index is 12.9. The molecule has 1 atom stereocenters. The minimum Gasteiger partial charge on any atom is -0.507 e. The van der Waals surface area contributed by atoms with Gasteiger partial charge in [0.05, 0.1) is 12.2 Å².